The molecule has 0 aromatic heterocycles. The lowest BCUT2D eigenvalue weighted by molar-refractivity contribution is 0.270. The lowest BCUT2D eigenvalue weighted by Crippen LogP contribution is -2.02. The molecule has 0 bridgehead atoms. The van der Waals surface area contributed by atoms with Crippen molar-refractivity contribution >= 4 is 0 Å². The molecule has 0 saturated carbocycles. The summed E-state index contributed by atoms with van der Waals surface area (Å²) >= 11 is 0. The number of aliphatic hydroxyl groups is 1. The number of hydrogen-bond acceptors (Lipinski definition) is 1. The highest BCUT2D eigenvalue weighted by atomic mass is 19.1. The normalized spacial score (nSPS) is 13.0. The smallest absolute Gasteiger partial charge is 0.129 e. The van der Waals surface area contributed by atoms with E-state index in [-0.39, 0.29) is 18.3 Å². The predicted octanol–water partition coefficient (Wildman–Crippen LogP) is 2.23. The third-order valence-corrected chi connectivity index (χ3v) is 2.03. The zero-order valence-corrected chi connectivity index (χ0v) is 7.34. The van der Waals surface area contributed by atoms with Gasteiger partial charge in [0, 0.05) is 12.5 Å². The van der Waals surface area contributed by atoms with E-state index in [1.165, 1.54) is 0 Å². The summed E-state index contributed by atoms with van der Waals surface area (Å²) in [4.78, 5) is 0. The predicted molar refractivity (Wildman–Crippen MR) is 46.6 cm³/mol. The Labute approximate surface area is 71.9 Å². The van der Waals surface area contributed by atoms with Crippen LogP contribution in [0, 0.1) is 12.7 Å². The summed E-state index contributed by atoms with van der Waals surface area (Å²) in [6, 6.07) is 5.24. The summed E-state index contributed by atoms with van der Waals surface area (Å²) in [5.74, 6) is -0.316. The fourth-order valence-electron chi connectivity index (χ4n) is 1.15. The highest BCUT2D eigenvalue weighted by Gasteiger charge is 2.10. The Kier molecular flexibility index (Phi) is 2.82. The van der Waals surface area contributed by atoms with Gasteiger partial charge < -0.3 is 5.11 Å². The second kappa shape index (κ2) is 3.68. The van der Waals surface area contributed by atoms with Gasteiger partial charge in [0.1, 0.15) is 5.82 Å². The molecule has 1 rings (SSSR count). The molecule has 0 fully saturated rings. The van der Waals surface area contributed by atoms with E-state index in [9.17, 15) is 4.39 Å². The van der Waals surface area contributed by atoms with Crippen molar-refractivity contribution in [2.24, 2.45) is 0 Å². The van der Waals surface area contributed by atoms with Crippen LogP contribution in [0.2, 0.25) is 0 Å². The van der Waals surface area contributed by atoms with Crippen molar-refractivity contribution < 1.29 is 9.50 Å². The first-order valence-electron chi connectivity index (χ1n) is 4.02. The Hall–Kier alpha value is -0.890. The van der Waals surface area contributed by atoms with E-state index in [1.54, 1.807) is 32.0 Å². The first kappa shape index (κ1) is 9.20. The fourth-order valence-corrected chi connectivity index (χ4v) is 1.15. The van der Waals surface area contributed by atoms with Gasteiger partial charge in [0.25, 0.3) is 0 Å². The van der Waals surface area contributed by atoms with E-state index in [2.05, 4.69) is 0 Å². The van der Waals surface area contributed by atoms with E-state index in [4.69, 9.17) is 5.11 Å². The van der Waals surface area contributed by atoms with Crippen molar-refractivity contribution in [1.29, 1.82) is 0 Å². The topological polar surface area (TPSA) is 20.2 Å². The van der Waals surface area contributed by atoms with Crippen LogP contribution >= 0.6 is 0 Å². The third-order valence-electron chi connectivity index (χ3n) is 2.03. The molecular weight excluding hydrogens is 155 g/mol. The number of aliphatic hydroxyl groups excluding tert-OH is 1. The Morgan fingerprint density at radius 1 is 1.50 bits per heavy atom. The van der Waals surface area contributed by atoms with Crippen LogP contribution in [0.5, 0.6) is 0 Å². The summed E-state index contributed by atoms with van der Waals surface area (Å²) in [6.07, 6.45) is 0. The lowest BCUT2D eigenvalue weighted by atomic mass is 9.99. The molecule has 1 aromatic rings. The number of hydrogen-bond donors (Lipinski definition) is 1. The van der Waals surface area contributed by atoms with Gasteiger partial charge in [-0.25, -0.2) is 4.39 Å². The molecule has 66 valence electrons. The van der Waals surface area contributed by atoms with Gasteiger partial charge in [-0.1, -0.05) is 25.1 Å². The van der Waals surface area contributed by atoms with Crippen molar-refractivity contribution in [3.63, 3.8) is 0 Å². The number of aryl methyl sites for hydroxylation is 1. The van der Waals surface area contributed by atoms with Crippen molar-refractivity contribution in [3.05, 3.63) is 35.1 Å². The molecule has 1 nitrogen and oxygen atoms in total. The van der Waals surface area contributed by atoms with E-state index < -0.39 is 0 Å². The van der Waals surface area contributed by atoms with E-state index in [0.717, 1.165) is 0 Å². The van der Waals surface area contributed by atoms with Gasteiger partial charge in [0.15, 0.2) is 0 Å². The maximum atomic E-state index is 13.3. The zero-order chi connectivity index (χ0) is 9.14. The quantitative estimate of drug-likeness (QED) is 0.718. The Morgan fingerprint density at radius 3 is 2.75 bits per heavy atom. The molecule has 0 radical (unpaired) electrons. The molecular formula is C10H13FO. The highest BCUT2D eigenvalue weighted by molar-refractivity contribution is 5.27. The summed E-state index contributed by atoms with van der Waals surface area (Å²) in [6.45, 7) is 3.52. The number of benzene rings is 1. The van der Waals surface area contributed by atoms with Gasteiger partial charge in [-0.15, -0.1) is 0 Å². The minimum absolute atomic E-state index is 0.0135. The van der Waals surface area contributed by atoms with Gasteiger partial charge >= 0.3 is 0 Å². The van der Waals surface area contributed by atoms with E-state index in [1.807, 2.05) is 0 Å². The summed E-state index contributed by atoms with van der Waals surface area (Å²) < 4.78 is 13.3. The Balaban J connectivity index is 3.07. The second-order valence-electron chi connectivity index (χ2n) is 3.06. The zero-order valence-electron chi connectivity index (χ0n) is 7.34. The van der Waals surface area contributed by atoms with Gasteiger partial charge in [-0.05, 0) is 18.1 Å². The molecule has 0 amide bonds. The SMILES string of the molecule is Cc1cccc([C@H](C)CO)c1F. The van der Waals surface area contributed by atoms with Gasteiger partial charge in [-0.3, -0.25) is 0 Å². The van der Waals surface area contributed by atoms with Crippen molar-refractivity contribution in [2.45, 2.75) is 19.8 Å². The number of halogens is 1. The van der Waals surface area contributed by atoms with Gasteiger partial charge in [0.2, 0.25) is 0 Å². The van der Waals surface area contributed by atoms with Gasteiger partial charge in [0.05, 0.1) is 0 Å². The molecule has 12 heavy (non-hydrogen) atoms. The van der Waals surface area contributed by atoms with Crippen LogP contribution in [0.25, 0.3) is 0 Å². The molecule has 0 saturated heterocycles. The Morgan fingerprint density at radius 2 is 2.17 bits per heavy atom. The van der Waals surface area contributed by atoms with Crippen molar-refractivity contribution in [3.8, 4) is 0 Å². The van der Waals surface area contributed by atoms with Crippen LogP contribution < -0.4 is 0 Å². The highest BCUT2D eigenvalue weighted by Crippen LogP contribution is 2.20. The molecule has 0 aliphatic rings. The molecule has 2 heteroatoms. The van der Waals surface area contributed by atoms with E-state index >= 15 is 0 Å². The standard InChI is InChI=1S/C10H13FO/c1-7-4-3-5-9(10(7)11)8(2)6-12/h3-5,8,12H,6H2,1-2H3/t8-/m1/s1. The molecule has 0 aliphatic carbocycles. The monoisotopic (exact) mass is 168 g/mol. The molecule has 0 unspecified atom stereocenters. The van der Waals surface area contributed by atoms with Crippen LogP contribution in [0.15, 0.2) is 18.2 Å². The summed E-state index contributed by atoms with van der Waals surface area (Å²) in [7, 11) is 0. The second-order valence-corrected chi connectivity index (χ2v) is 3.06. The van der Waals surface area contributed by atoms with Crippen LogP contribution in [0.1, 0.15) is 24.0 Å². The Bertz CT molecular complexity index is 271. The van der Waals surface area contributed by atoms with Crippen LogP contribution in [-0.2, 0) is 0 Å². The molecule has 1 N–H and O–H groups in total. The fraction of sp³-hybridized carbons (Fsp3) is 0.400. The summed E-state index contributed by atoms with van der Waals surface area (Å²) in [5.41, 5.74) is 1.23. The summed E-state index contributed by atoms with van der Waals surface area (Å²) in [5, 5.41) is 8.84. The number of rotatable bonds is 2. The maximum absolute atomic E-state index is 13.3. The third kappa shape index (κ3) is 1.64. The molecule has 0 aliphatic heterocycles. The maximum Gasteiger partial charge on any atom is 0.129 e. The first-order chi connectivity index (χ1) is 5.66. The molecule has 1 atom stereocenters. The van der Waals surface area contributed by atoms with Crippen LogP contribution in [0.3, 0.4) is 0 Å². The van der Waals surface area contributed by atoms with Crippen LogP contribution in [-0.4, -0.2) is 11.7 Å². The lowest BCUT2D eigenvalue weighted by Gasteiger charge is -2.10. The van der Waals surface area contributed by atoms with Crippen molar-refractivity contribution in [1.82, 2.24) is 0 Å². The van der Waals surface area contributed by atoms with Crippen LogP contribution in [0.4, 0.5) is 4.39 Å². The molecule has 1 aromatic carbocycles. The van der Waals surface area contributed by atoms with E-state index in [0.29, 0.717) is 11.1 Å². The first-order valence-corrected chi connectivity index (χ1v) is 4.02. The largest absolute Gasteiger partial charge is 0.396 e. The van der Waals surface area contributed by atoms with Crippen molar-refractivity contribution in [2.75, 3.05) is 6.61 Å². The van der Waals surface area contributed by atoms with Gasteiger partial charge in [-0.2, -0.15) is 0 Å². The molecule has 0 heterocycles. The average molecular weight is 168 g/mol. The minimum Gasteiger partial charge on any atom is -0.396 e. The molecule has 0 spiro atoms. The average Bonchev–Trinajstić information content (AvgIpc) is 2.08. The minimum atomic E-state index is -0.195.